The van der Waals surface area contributed by atoms with E-state index in [1.807, 2.05) is 17.0 Å². The molecule has 1 fully saturated rings. The van der Waals surface area contributed by atoms with Gasteiger partial charge in [0, 0.05) is 12.6 Å². The summed E-state index contributed by atoms with van der Waals surface area (Å²) in [6, 6.07) is 8.57. The highest BCUT2D eigenvalue weighted by Crippen LogP contribution is 2.19. The first-order chi connectivity index (χ1) is 10.7. The fourth-order valence-corrected chi connectivity index (χ4v) is 2.94. The monoisotopic (exact) mass is 304 g/mol. The van der Waals surface area contributed by atoms with Crippen molar-refractivity contribution in [1.29, 1.82) is 0 Å². The Labute approximate surface area is 133 Å². The first-order valence-electron chi connectivity index (χ1n) is 8.50. The number of rotatable bonds is 6. The molecule has 2 rings (SSSR count). The molecule has 1 aliphatic rings. The van der Waals surface area contributed by atoms with E-state index in [2.05, 4.69) is 31.3 Å². The standard InChI is InChI=1S/C18H28N2O2/c1-3-15-8-10-17(11-9-15)22-14-12-19-18(21)20-13-6-5-7-16(20)4-2/h8-11,16H,3-7,12-14H2,1-2H3,(H,19,21). The van der Waals surface area contributed by atoms with E-state index in [0.717, 1.165) is 38.0 Å². The van der Waals surface area contributed by atoms with Crippen LogP contribution in [0, 0.1) is 0 Å². The van der Waals surface area contributed by atoms with Crippen molar-refractivity contribution in [3.05, 3.63) is 29.8 Å². The Balaban J connectivity index is 1.69. The highest BCUT2D eigenvalue weighted by Gasteiger charge is 2.24. The molecule has 122 valence electrons. The summed E-state index contributed by atoms with van der Waals surface area (Å²) in [6.45, 7) is 6.21. The molecular weight excluding hydrogens is 276 g/mol. The van der Waals surface area contributed by atoms with Crippen LogP contribution in [0.25, 0.3) is 0 Å². The van der Waals surface area contributed by atoms with E-state index in [4.69, 9.17) is 4.74 Å². The number of carbonyl (C=O) groups excluding carboxylic acids is 1. The number of hydrogen-bond donors (Lipinski definition) is 1. The van der Waals surface area contributed by atoms with Crippen molar-refractivity contribution in [3.63, 3.8) is 0 Å². The molecule has 1 aromatic carbocycles. The molecule has 1 atom stereocenters. The Morgan fingerprint density at radius 1 is 1.27 bits per heavy atom. The SMILES string of the molecule is CCc1ccc(OCCNC(=O)N2CCCCC2CC)cc1. The fraction of sp³-hybridized carbons (Fsp3) is 0.611. The Hall–Kier alpha value is -1.71. The number of likely N-dealkylation sites (tertiary alicyclic amines) is 1. The van der Waals surface area contributed by atoms with Crippen LogP contribution in [0.1, 0.15) is 45.1 Å². The second kappa shape index (κ2) is 8.66. The van der Waals surface area contributed by atoms with Crippen LogP contribution in [0.3, 0.4) is 0 Å². The third-order valence-electron chi connectivity index (χ3n) is 4.34. The average molecular weight is 304 g/mol. The smallest absolute Gasteiger partial charge is 0.317 e. The zero-order chi connectivity index (χ0) is 15.8. The van der Waals surface area contributed by atoms with Gasteiger partial charge in [-0.3, -0.25) is 0 Å². The lowest BCUT2D eigenvalue weighted by molar-refractivity contribution is 0.147. The number of ether oxygens (including phenoxy) is 1. The summed E-state index contributed by atoms with van der Waals surface area (Å²) in [4.78, 5) is 14.2. The number of hydrogen-bond acceptors (Lipinski definition) is 2. The minimum absolute atomic E-state index is 0.0523. The van der Waals surface area contributed by atoms with Crippen molar-refractivity contribution in [3.8, 4) is 5.75 Å². The maximum Gasteiger partial charge on any atom is 0.317 e. The van der Waals surface area contributed by atoms with Crippen LogP contribution in [-0.2, 0) is 6.42 Å². The third-order valence-corrected chi connectivity index (χ3v) is 4.34. The topological polar surface area (TPSA) is 41.6 Å². The van der Waals surface area contributed by atoms with Gasteiger partial charge in [0.05, 0.1) is 6.54 Å². The van der Waals surface area contributed by atoms with Gasteiger partial charge < -0.3 is 15.0 Å². The lowest BCUT2D eigenvalue weighted by Gasteiger charge is -2.35. The molecule has 1 unspecified atom stereocenters. The van der Waals surface area contributed by atoms with E-state index in [0.29, 0.717) is 19.2 Å². The molecule has 22 heavy (non-hydrogen) atoms. The van der Waals surface area contributed by atoms with Crippen molar-refractivity contribution in [2.75, 3.05) is 19.7 Å². The fourth-order valence-electron chi connectivity index (χ4n) is 2.94. The molecule has 0 aliphatic carbocycles. The maximum absolute atomic E-state index is 12.2. The predicted octanol–water partition coefficient (Wildman–Crippen LogP) is 3.60. The van der Waals surface area contributed by atoms with E-state index in [1.165, 1.54) is 12.0 Å². The largest absolute Gasteiger partial charge is 0.492 e. The number of nitrogens with one attached hydrogen (secondary N) is 1. The molecule has 1 N–H and O–H groups in total. The molecule has 0 saturated carbocycles. The minimum atomic E-state index is 0.0523. The van der Waals surface area contributed by atoms with Crippen LogP contribution >= 0.6 is 0 Å². The molecular formula is C18H28N2O2. The molecule has 1 heterocycles. The maximum atomic E-state index is 12.2. The quantitative estimate of drug-likeness (QED) is 0.816. The van der Waals surface area contributed by atoms with Crippen LogP contribution < -0.4 is 10.1 Å². The number of urea groups is 1. The van der Waals surface area contributed by atoms with Gasteiger partial charge in [-0.15, -0.1) is 0 Å². The molecule has 2 amide bonds. The lowest BCUT2D eigenvalue weighted by atomic mass is 10.0. The minimum Gasteiger partial charge on any atom is -0.492 e. The number of carbonyl (C=O) groups is 1. The van der Waals surface area contributed by atoms with Gasteiger partial charge in [0.25, 0.3) is 0 Å². The van der Waals surface area contributed by atoms with Crippen molar-refractivity contribution < 1.29 is 9.53 Å². The number of piperidine rings is 1. The molecule has 4 nitrogen and oxygen atoms in total. The van der Waals surface area contributed by atoms with Gasteiger partial charge in [0.1, 0.15) is 12.4 Å². The van der Waals surface area contributed by atoms with Gasteiger partial charge in [-0.05, 0) is 49.8 Å². The second-order valence-electron chi connectivity index (χ2n) is 5.83. The summed E-state index contributed by atoms with van der Waals surface area (Å²) in [7, 11) is 0. The summed E-state index contributed by atoms with van der Waals surface area (Å²) in [6.07, 6.45) is 5.55. The summed E-state index contributed by atoms with van der Waals surface area (Å²) in [5.74, 6) is 0.857. The Morgan fingerprint density at radius 2 is 2.05 bits per heavy atom. The number of amides is 2. The van der Waals surface area contributed by atoms with Gasteiger partial charge in [0.15, 0.2) is 0 Å². The van der Waals surface area contributed by atoms with Gasteiger partial charge >= 0.3 is 6.03 Å². The van der Waals surface area contributed by atoms with Crippen molar-refractivity contribution in [1.82, 2.24) is 10.2 Å². The summed E-state index contributed by atoms with van der Waals surface area (Å²) >= 11 is 0. The van der Waals surface area contributed by atoms with E-state index in [1.54, 1.807) is 0 Å². The molecule has 0 radical (unpaired) electrons. The third kappa shape index (κ3) is 4.65. The average Bonchev–Trinajstić information content (AvgIpc) is 2.59. The Bertz CT molecular complexity index is 459. The van der Waals surface area contributed by atoms with Gasteiger partial charge in [0.2, 0.25) is 0 Å². The van der Waals surface area contributed by atoms with Crippen LogP contribution in [0.5, 0.6) is 5.75 Å². The lowest BCUT2D eigenvalue weighted by Crippen LogP contribution is -2.49. The molecule has 0 spiro atoms. The Kier molecular flexibility index (Phi) is 6.56. The van der Waals surface area contributed by atoms with E-state index < -0.39 is 0 Å². The van der Waals surface area contributed by atoms with E-state index in [-0.39, 0.29) is 6.03 Å². The molecule has 0 aromatic heterocycles. The van der Waals surface area contributed by atoms with Crippen molar-refractivity contribution in [2.45, 2.75) is 52.0 Å². The highest BCUT2D eigenvalue weighted by atomic mass is 16.5. The van der Waals surface area contributed by atoms with E-state index in [9.17, 15) is 4.79 Å². The molecule has 1 saturated heterocycles. The summed E-state index contributed by atoms with van der Waals surface area (Å²) < 4.78 is 5.66. The molecule has 1 aromatic rings. The van der Waals surface area contributed by atoms with Gasteiger partial charge in [-0.25, -0.2) is 4.79 Å². The highest BCUT2D eigenvalue weighted by molar-refractivity contribution is 5.74. The van der Waals surface area contributed by atoms with E-state index >= 15 is 0 Å². The molecule has 1 aliphatic heterocycles. The van der Waals surface area contributed by atoms with Crippen LogP contribution in [0.15, 0.2) is 24.3 Å². The summed E-state index contributed by atoms with van der Waals surface area (Å²) in [5, 5.41) is 2.97. The zero-order valence-corrected chi connectivity index (χ0v) is 13.8. The van der Waals surface area contributed by atoms with Crippen LogP contribution in [0.2, 0.25) is 0 Å². The first-order valence-corrected chi connectivity index (χ1v) is 8.50. The molecule has 4 heteroatoms. The van der Waals surface area contributed by atoms with Gasteiger partial charge in [-0.2, -0.15) is 0 Å². The van der Waals surface area contributed by atoms with Crippen LogP contribution in [-0.4, -0.2) is 36.7 Å². The Morgan fingerprint density at radius 3 is 2.73 bits per heavy atom. The molecule has 0 bridgehead atoms. The number of benzene rings is 1. The van der Waals surface area contributed by atoms with Crippen LogP contribution in [0.4, 0.5) is 4.79 Å². The second-order valence-corrected chi connectivity index (χ2v) is 5.83. The summed E-state index contributed by atoms with van der Waals surface area (Å²) in [5.41, 5.74) is 1.30. The number of aryl methyl sites for hydroxylation is 1. The first kappa shape index (κ1) is 16.7. The number of nitrogens with zero attached hydrogens (tertiary/aromatic N) is 1. The van der Waals surface area contributed by atoms with Crippen molar-refractivity contribution >= 4 is 6.03 Å². The van der Waals surface area contributed by atoms with Crippen molar-refractivity contribution in [2.24, 2.45) is 0 Å². The normalized spacial score (nSPS) is 18.1. The predicted molar refractivity (Wildman–Crippen MR) is 89.3 cm³/mol. The van der Waals surface area contributed by atoms with Gasteiger partial charge in [-0.1, -0.05) is 26.0 Å². The zero-order valence-electron chi connectivity index (χ0n) is 13.8.